The standard InChI is InChI=1S/C19H24N4OS/c1-20-19-21-17(13-25-19)18(24)23-10-8-22(9-11-23)16-7-6-14-4-2-3-5-15(14)12-16/h2-5,13,16H,6-12H2,1H3,(H,20,21)/t16-/m1/s1. The van der Waals surface area contributed by atoms with Crippen molar-refractivity contribution in [1.29, 1.82) is 0 Å². The van der Waals surface area contributed by atoms with E-state index in [0.717, 1.165) is 37.7 Å². The molecular weight excluding hydrogens is 332 g/mol. The summed E-state index contributed by atoms with van der Waals surface area (Å²) in [5.74, 6) is 0.0615. The fourth-order valence-electron chi connectivity index (χ4n) is 3.93. The van der Waals surface area contributed by atoms with Crippen molar-refractivity contribution in [2.75, 3.05) is 38.5 Å². The molecular formula is C19H24N4OS. The smallest absolute Gasteiger partial charge is 0.273 e. The van der Waals surface area contributed by atoms with E-state index in [2.05, 4.69) is 39.5 Å². The second kappa shape index (κ2) is 7.14. The number of benzene rings is 1. The first-order valence-electron chi connectivity index (χ1n) is 8.98. The van der Waals surface area contributed by atoms with E-state index in [4.69, 9.17) is 0 Å². The number of nitrogens with zero attached hydrogens (tertiary/aromatic N) is 3. The van der Waals surface area contributed by atoms with Crippen LogP contribution in [0.4, 0.5) is 5.13 Å². The quantitative estimate of drug-likeness (QED) is 0.918. The highest BCUT2D eigenvalue weighted by molar-refractivity contribution is 7.13. The van der Waals surface area contributed by atoms with Gasteiger partial charge in [-0.2, -0.15) is 0 Å². The summed E-state index contributed by atoms with van der Waals surface area (Å²) < 4.78 is 0. The molecule has 2 aliphatic rings. The first-order valence-corrected chi connectivity index (χ1v) is 9.86. The maximum absolute atomic E-state index is 12.6. The van der Waals surface area contributed by atoms with Gasteiger partial charge in [0.05, 0.1) is 0 Å². The van der Waals surface area contributed by atoms with Gasteiger partial charge < -0.3 is 10.2 Å². The molecule has 1 fully saturated rings. The largest absolute Gasteiger partial charge is 0.365 e. The molecule has 132 valence electrons. The average molecular weight is 356 g/mol. The molecule has 6 heteroatoms. The van der Waals surface area contributed by atoms with Gasteiger partial charge >= 0.3 is 0 Å². The summed E-state index contributed by atoms with van der Waals surface area (Å²) >= 11 is 1.48. The Balaban J connectivity index is 1.35. The highest BCUT2D eigenvalue weighted by Gasteiger charge is 2.29. The molecule has 2 aromatic rings. The topological polar surface area (TPSA) is 48.5 Å². The lowest BCUT2D eigenvalue weighted by atomic mass is 9.87. The maximum atomic E-state index is 12.6. The molecule has 1 N–H and O–H groups in total. The van der Waals surface area contributed by atoms with Crippen molar-refractivity contribution in [2.45, 2.75) is 25.3 Å². The Morgan fingerprint density at radius 3 is 2.68 bits per heavy atom. The lowest BCUT2D eigenvalue weighted by molar-refractivity contribution is 0.0548. The van der Waals surface area contributed by atoms with Crippen molar-refractivity contribution in [3.8, 4) is 0 Å². The number of nitrogens with one attached hydrogen (secondary N) is 1. The molecule has 0 unspecified atom stereocenters. The molecule has 1 aliphatic carbocycles. The van der Waals surface area contributed by atoms with Gasteiger partial charge in [-0.15, -0.1) is 11.3 Å². The van der Waals surface area contributed by atoms with Crippen LogP contribution in [-0.4, -0.2) is 60.0 Å². The zero-order chi connectivity index (χ0) is 17.2. The highest BCUT2D eigenvalue weighted by atomic mass is 32.1. The van der Waals surface area contributed by atoms with Crippen LogP contribution in [0.3, 0.4) is 0 Å². The fourth-order valence-corrected chi connectivity index (χ4v) is 4.57. The lowest BCUT2D eigenvalue weighted by Crippen LogP contribution is -2.53. The number of piperazine rings is 1. The zero-order valence-corrected chi connectivity index (χ0v) is 15.4. The van der Waals surface area contributed by atoms with E-state index < -0.39 is 0 Å². The summed E-state index contributed by atoms with van der Waals surface area (Å²) in [7, 11) is 1.83. The fraction of sp³-hybridized carbons (Fsp3) is 0.474. The van der Waals surface area contributed by atoms with Crippen LogP contribution < -0.4 is 5.32 Å². The minimum absolute atomic E-state index is 0.0615. The number of anilines is 1. The molecule has 4 rings (SSSR count). The van der Waals surface area contributed by atoms with Crippen molar-refractivity contribution in [3.05, 3.63) is 46.5 Å². The van der Waals surface area contributed by atoms with Crippen molar-refractivity contribution >= 4 is 22.4 Å². The number of carbonyl (C=O) groups excluding carboxylic acids is 1. The van der Waals surface area contributed by atoms with Gasteiger partial charge in [0.25, 0.3) is 5.91 Å². The van der Waals surface area contributed by atoms with Gasteiger partial charge in [-0.3, -0.25) is 9.69 Å². The first-order chi connectivity index (χ1) is 12.2. The summed E-state index contributed by atoms with van der Waals surface area (Å²) in [5, 5.41) is 5.63. The number of amides is 1. The van der Waals surface area contributed by atoms with Gasteiger partial charge in [0.1, 0.15) is 5.69 Å². The Morgan fingerprint density at radius 2 is 1.96 bits per heavy atom. The molecule has 0 bridgehead atoms. The average Bonchev–Trinajstić information content (AvgIpc) is 3.16. The van der Waals surface area contributed by atoms with Gasteiger partial charge in [-0.25, -0.2) is 4.98 Å². The second-order valence-electron chi connectivity index (χ2n) is 6.78. The molecule has 1 saturated heterocycles. The minimum Gasteiger partial charge on any atom is -0.365 e. The second-order valence-corrected chi connectivity index (χ2v) is 7.64. The van der Waals surface area contributed by atoms with Crippen molar-refractivity contribution in [2.24, 2.45) is 0 Å². The number of carbonyl (C=O) groups is 1. The number of hydrogen-bond donors (Lipinski definition) is 1. The van der Waals surface area contributed by atoms with Crippen LogP contribution in [0.2, 0.25) is 0 Å². The Morgan fingerprint density at radius 1 is 1.20 bits per heavy atom. The van der Waals surface area contributed by atoms with E-state index >= 15 is 0 Å². The molecule has 1 atom stereocenters. The van der Waals surface area contributed by atoms with Gasteiger partial charge in [0.15, 0.2) is 5.13 Å². The summed E-state index contributed by atoms with van der Waals surface area (Å²) in [6.07, 6.45) is 3.54. The van der Waals surface area contributed by atoms with Crippen LogP contribution in [-0.2, 0) is 12.8 Å². The van der Waals surface area contributed by atoms with Gasteiger partial charge in [-0.05, 0) is 30.4 Å². The number of aromatic nitrogens is 1. The molecule has 1 aliphatic heterocycles. The predicted octanol–water partition coefficient (Wildman–Crippen LogP) is 2.50. The summed E-state index contributed by atoms with van der Waals surface area (Å²) in [6, 6.07) is 9.42. The zero-order valence-electron chi connectivity index (χ0n) is 14.6. The van der Waals surface area contributed by atoms with Gasteiger partial charge in [-0.1, -0.05) is 24.3 Å². The third-order valence-corrected chi connectivity index (χ3v) is 6.24. The van der Waals surface area contributed by atoms with E-state index in [1.165, 1.54) is 35.3 Å². The van der Waals surface area contributed by atoms with Gasteiger partial charge in [0, 0.05) is 44.6 Å². The Bertz CT molecular complexity index is 751. The van der Waals surface area contributed by atoms with Crippen LogP contribution >= 0.6 is 11.3 Å². The number of thiazole rings is 1. The summed E-state index contributed by atoms with van der Waals surface area (Å²) in [4.78, 5) is 21.5. The SMILES string of the molecule is CNc1nc(C(=O)N2CCN([C@@H]3CCc4ccccc4C3)CC2)cs1. The third-order valence-electron chi connectivity index (χ3n) is 5.38. The van der Waals surface area contributed by atoms with E-state index in [-0.39, 0.29) is 5.91 Å². The first kappa shape index (κ1) is 16.5. The van der Waals surface area contributed by atoms with E-state index in [1.54, 1.807) is 0 Å². The van der Waals surface area contributed by atoms with Crippen LogP contribution in [0.5, 0.6) is 0 Å². The third kappa shape index (κ3) is 3.41. The van der Waals surface area contributed by atoms with Crippen molar-refractivity contribution < 1.29 is 4.79 Å². The highest BCUT2D eigenvalue weighted by Crippen LogP contribution is 2.25. The molecule has 2 heterocycles. The van der Waals surface area contributed by atoms with E-state index in [0.29, 0.717) is 11.7 Å². The van der Waals surface area contributed by atoms with Crippen LogP contribution in [0.25, 0.3) is 0 Å². The van der Waals surface area contributed by atoms with E-state index in [1.807, 2.05) is 17.3 Å². The molecule has 0 spiro atoms. The predicted molar refractivity (Wildman–Crippen MR) is 101 cm³/mol. The minimum atomic E-state index is 0.0615. The Kier molecular flexibility index (Phi) is 4.72. The molecule has 1 aromatic heterocycles. The Hall–Kier alpha value is -1.92. The van der Waals surface area contributed by atoms with Gasteiger partial charge in [0.2, 0.25) is 0 Å². The molecule has 1 amide bonds. The van der Waals surface area contributed by atoms with Crippen LogP contribution in [0.1, 0.15) is 28.0 Å². The van der Waals surface area contributed by atoms with Crippen molar-refractivity contribution in [3.63, 3.8) is 0 Å². The number of rotatable bonds is 3. The number of hydrogen-bond acceptors (Lipinski definition) is 5. The number of aryl methyl sites for hydroxylation is 1. The van der Waals surface area contributed by atoms with Crippen LogP contribution in [0, 0.1) is 0 Å². The Labute approximate surface area is 152 Å². The van der Waals surface area contributed by atoms with Crippen molar-refractivity contribution in [1.82, 2.24) is 14.8 Å². The molecule has 1 aromatic carbocycles. The van der Waals surface area contributed by atoms with Crippen LogP contribution in [0.15, 0.2) is 29.6 Å². The number of fused-ring (bicyclic) bond motifs is 1. The van der Waals surface area contributed by atoms with E-state index in [9.17, 15) is 4.79 Å². The lowest BCUT2D eigenvalue weighted by Gasteiger charge is -2.41. The summed E-state index contributed by atoms with van der Waals surface area (Å²) in [6.45, 7) is 3.51. The molecule has 5 nitrogen and oxygen atoms in total. The normalized spacial score (nSPS) is 21.0. The molecule has 0 radical (unpaired) electrons. The molecule has 25 heavy (non-hydrogen) atoms. The maximum Gasteiger partial charge on any atom is 0.273 e. The summed E-state index contributed by atoms with van der Waals surface area (Å²) in [5.41, 5.74) is 3.57. The monoisotopic (exact) mass is 356 g/mol. The molecule has 0 saturated carbocycles.